The van der Waals surface area contributed by atoms with Gasteiger partial charge < -0.3 is 10.6 Å². The van der Waals surface area contributed by atoms with Crippen LogP contribution >= 0.6 is 11.6 Å². The van der Waals surface area contributed by atoms with E-state index in [1.54, 1.807) is 19.2 Å². The molecule has 0 aliphatic carbocycles. The number of aromatic nitrogens is 1. The van der Waals surface area contributed by atoms with Crippen LogP contribution in [0.25, 0.3) is 0 Å². The molecule has 2 N–H and O–H groups in total. The summed E-state index contributed by atoms with van der Waals surface area (Å²) >= 11 is 6.03. The Hall–Kier alpha value is -1.29. The van der Waals surface area contributed by atoms with E-state index in [0.717, 1.165) is 12.8 Å². The Bertz CT molecular complexity index is 433. The lowest BCUT2D eigenvalue weighted by Crippen LogP contribution is -2.38. The van der Waals surface area contributed by atoms with E-state index in [2.05, 4.69) is 29.5 Å². The van der Waals surface area contributed by atoms with E-state index < -0.39 is 0 Å². The van der Waals surface area contributed by atoms with Gasteiger partial charge in [-0.3, -0.25) is 4.79 Å². The van der Waals surface area contributed by atoms with Crippen LogP contribution in [0, 0.1) is 5.92 Å². The van der Waals surface area contributed by atoms with Gasteiger partial charge in [-0.1, -0.05) is 38.3 Å². The van der Waals surface area contributed by atoms with Gasteiger partial charge in [0.2, 0.25) is 0 Å². The highest BCUT2D eigenvalue weighted by molar-refractivity contribution is 6.33. The minimum absolute atomic E-state index is 0.110. The molecule has 1 amide bonds. The second kappa shape index (κ2) is 7.34. The second-order valence-electron chi connectivity index (χ2n) is 4.62. The topological polar surface area (TPSA) is 54.0 Å². The number of carbonyl (C=O) groups excluding carboxylic acids is 1. The first-order valence-electron chi connectivity index (χ1n) is 6.68. The molecular weight excluding hydrogens is 262 g/mol. The van der Waals surface area contributed by atoms with Gasteiger partial charge in [0.25, 0.3) is 5.91 Å². The molecule has 1 rings (SSSR count). The fraction of sp³-hybridized carbons (Fsp3) is 0.571. The number of carbonyl (C=O) groups is 1. The van der Waals surface area contributed by atoms with Crippen molar-refractivity contribution in [3.05, 3.63) is 22.8 Å². The molecule has 1 unspecified atom stereocenters. The van der Waals surface area contributed by atoms with Crippen LogP contribution in [0.5, 0.6) is 0 Å². The van der Waals surface area contributed by atoms with Gasteiger partial charge in [-0.15, -0.1) is 0 Å². The van der Waals surface area contributed by atoms with E-state index in [0.29, 0.717) is 16.8 Å². The SMILES string of the molecule is CCC(CC)C(C)NC(=O)c1nc(NC)ccc1Cl. The van der Waals surface area contributed by atoms with Crippen molar-refractivity contribution < 1.29 is 4.79 Å². The van der Waals surface area contributed by atoms with Crippen LogP contribution in [0.1, 0.15) is 44.1 Å². The number of hydrogen-bond acceptors (Lipinski definition) is 3. The standard InChI is InChI=1S/C14H22ClN3O/c1-5-10(6-2)9(3)17-14(19)13-11(15)7-8-12(16-4)18-13/h7-10H,5-6H2,1-4H3,(H,16,18)(H,17,19). The zero-order valence-electron chi connectivity index (χ0n) is 12.0. The molecule has 0 aliphatic heterocycles. The normalized spacial score (nSPS) is 12.3. The average molecular weight is 284 g/mol. The Morgan fingerprint density at radius 1 is 1.37 bits per heavy atom. The lowest BCUT2D eigenvalue weighted by atomic mass is 9.95. The van der Waals surface area contributed by atoms with Crippen LogP contribution < -0.4 is 10.6 Å². The second-order valence-corrected chi connectivity index (χ2v) is 5.02. The van der Waals surface area contributed by atoms with E-state index >= 15 is 0 Å². The van der Waals surface area contributed by atoms with Gasteiger partial charge in [-0.25, -0.2) is 4.98 Å². The Kier molecular flexibility index (Phi) is 6.09. The maximum atomic E-state index is 12.2. The van der Waals surface area contributed by atoms with Crippen LogP contribution in [0.2, 0.25) is 5.02 Å². The summed E-state index contributed by atoms with van der Waals surface area (Å²) < 4.78 is 0. The smallest absolute Gasteiger partial charge is 0.271 e. The summed E-state index contributed by atoms with van der Waals surface area (Å²) in [7, 11) is 1.75. The zero-order valence-corrected chi connectivity index (χ0v) is 12.7. The van der Waals surface area contributed by atoms with Crippen molar-refractivity contribution in [3.8, 4) is 0 Å². The molecule has 0 aliphatic rings. The lowest BCUT2D eigenvalue weighted by molar-refractivity contribution is 0.0920. The predicted octanol–water partition coefficient (Wildman–Crippen LogP) is 3.33. The highest BCUT2D eigenvalue weighted by Crippen LogP contribution is 2.18. The highest BCUT2D eigenvalue weighted by atomic mass is 35.5. The molecule has 0 bridgehead atoms. The minimum atomic E-state index is -0.221. The van der Waals surface area contributed by atoms with Crippen molar-refractivity contribution >= 4 is 23.3 Å². The van der Waals surface area contributed by atoms with Crippen LogP contribution in [0.4, 0.5) is 5.82 Å². The number of anilines is 1. The lowest BCUT2D eigenvalue weighted by Gasteiger charge is -2.22. The minimum Gasteiger partial charge on any atom is -0.373 e. The van der Waals surface area contributed by atoms with Crippen molar-refractivity contribution in [2.24, 2.45) is 5.92 Å². The Morgan fingerprint density at radius 2 is 2.00 bits per heavy atom. The number of hydrogen-bond donors (Lipinski definition) is 2. The molecule has 106 valence electrons. The van der Waals surface area contributed by atoms with Crippen LogP contribution in [-0.2, 0) is 0 Å². The van der Waals surface area contributed by atoms with Gasteiger partial charge in [0.15, 0.2) is 0 Å². The number of nitrogens with zero attached hydrogens (tertiary/aromatic N) is 1. The molecule has 1 heterocycles. The van der Waals surface area contributed by atoms with Crippen molar-refractivity contribution in [3.63, 3.8) is 0 Å². The summed E-state index contributed by atoms with van der Waals surface area (Å²) in [5.41, 5.74) is 0.270. The van der Waals surface area contributed by atoms with E-state index in [1.807, 2.05) is 6.92 Å². The van der Waals surface area contributed by atoms with Gasteiger partial charge in [0.05, 0.1) is 5.02 Å². The maximum absolute atomic E-state index is 12.2. The molecule has 5 heteroatoms. The molecule has 0 radical (unpaired) electrons. The number of nitrogens with one attached hydrogen (secondary N) is 2. The molecule has 0 fully saturated rings. The van der Waals surface area contributed by atoms with Crippen molar-refractivity contribution in [2.75, 3.05) is 12.4 Å². The molecular formula is C14H22ClN3O. The fourth-order valence-electron chi connectivity index (χ4n) is 2.13. The van der Waals surface area contributed by atoms with E-state index in [4.69, 9.17) is 11.6 Å². The molecule has 19 heavy (non-hydrogen) atoms. The summed E-state index contributed by atoms with van der Waals surface area (Å²) in [6.45, 7) is 6.28. The average Bonchev–Trinajstić information content (AvgIpc) is 2.40. The molecule has 0 saturated carbocycles. The Morgan fingerprint density at radius 3 is 2.53 bits per heavy atom. The van der Waals surface area contributed by atoms with Crippen molar-refractivity contribution in [2.45, 2.75) is 39.7 Å². The third kappa shape index (κ3) is 4.10. The summed E-state index contributed by atoms with van der Waals surface area (Å²) in [6.07, 6.45) is 2.07. The van der Waals surface area contributed by atoms with Gasteiger partial charge >= 0.3 is 0 Å². The Balaban J connectivity index is 2.83. The molecule has 0 spiro atoms. The molecule has 0 saturated heterocycles. The third-order valence-corrected chi connectivity index (χ3v) is 3.74. The van der Waals surface area contributed by atoms with Crippen molar-refractivity contribution in [1.29, 1.82) is 0 Å². The first kappa shape index (κ1) is 15.8. The molecule has 0 aromatic carbocycles. The number of pyridine rings is 1. The van der Waals surface area contributed by atoms with Gasteiger partial charge in [0.1, 0.15) is 11.5 Å². The zero-order chi connectivity index (χ0) is 14.4. The first-order chi connectivity index (χ1) is 9.03. The van der Waals surface area contributed by atoms with Crippen LogP contribution in [-0.4, -0.2) is 24.0 Å². The van der Waals surface area contributed by atoms with Crippen LogP contribution in [0.3, 0.4) is 0 Å². The summed E-state index contributed by atoms with van der Waals surface area (Å²) in [4.78, 5) is 16.4. The first-order valence-corrected chi connectivity index (χ1v) is 7.06. The van der Waals surface area contributed by atoms with Gasteiger partial charge in [-0.05, 0) is 25.0 Å². The molecule has 4 nitrogen and oxygen atoms in total. The monoisotopic (exact) mass is 283 g/mol. The largest absolute Gasteiger partial charge is 0.373 e. The van der Waals surface area contributed by atoms with Crippen LogP contribution in [0.15, 0.2) is 12.1 Å². The number of halogens is 1. The maximum Gasteiger partial charge on any atom is 0.271 e. The molecule has 1 aromatic rings. The third-order valence-electron chi connectivity index (χ3n) is 3.43. The molecule has 1 aromatic heterocycles. The molecule has 1 atom stereocenters. The summed E-state index contributed by atoms with van der Waals surface area (Å²) in [5, 5.41) is 6.24. The van der Waals surface area contributed by atoms with Crippen molar-refractivity contribution in [1.82, 2.24) is 10.3 Å². The Labute approximate surface area is 120 Å². The number of amides is 1. The highest BCUT2D eigenvalue weighted by Gasteiger charge is 2.19. The van der Waals surface area contributed by atoms with Gasteiger partial charge in [-0.2, -0.15) is 0 Å². The van der Waals surface area contributed by atoms with E-state index in [9.17, 15) is 4.79 Å². The summed E-state index contributed by atoms with van der Waals surface area (Å²) in [5.74, 6) is 0.876. The van der Waals surface area contributed by atoms with E-state index in [1.165, 1.54) is 0 Å². The predicted molar refractivity (Wildman–Crippen MR) is 79.8 cm³/mol. The number of rotatable bonds is 6. The van der Waals surface area contributed by atoms with E-state index in [-0.39, 0.29) is 17.6 Å². The fourth-order valence-corrected chi connectivity index (χ4v) is 2.32. The quantitative estimate of drug-likeness (QED) is 0.842. The summed E-state index contributed by atoms with van der Waals surface area (Å²) in [6, 6.07) is 3.53. The van der Waals surface area contributed by atoms with Gasteiger partial charge in [0, 0.05) is 13.1 Å².